The molecular formula is C22H25BrN2O3. The normalized spacial score (nSPS) is 15.1. The number of anilines is 1. The Morgan fingerprint density at radius 1 is 1.11 bits per heavy atom. The Morgan fingerprint density at radius 3 is 2.43 bits per heavy atom. The summed E-state index contributed by atoms with van der Waals surface area (Å²) in [6.07, 6.45) is 3.62. The van der Waals surface area contributed by atoms with Crippen LogP contribution in [0.4, 0.5) is 5.69 Å². The zero-order valence-electron chi connectivity index (χ0n) is 16.2. The van der Waals surface area contributed by atoms with E-state index >= 15 is 0 Å². The number of ether oxygens (including phenoxy) is 1. The second kappa shape index (κ2) is 8.78. The Labute approximate surface area is 174 Å². The minimum absolute atomic E-state index is 0.0752. The fourth-order valence-electron chi connectivity index (χ4n) is 3.84. The average Bonchev–Trinajstić information content (AvgIpc) is 3.18. The highest BCUT2D eigenvalue weighted by Crippen LogP contribution is 2.41. The van der Waals surface area contributed by atoms with E-state index in [9.17, 15) is 9.59 Å². The summed E-state index contributed by atoms with van der Waals surface area (Å²) >= 11 is 3.44. The molecule has 6 heteroatoms. The zero-order valence-corrected chi connectivity index (χ0v) is 17.8. The molecule has 0 bridgehead atoms. The largest absolute Gasteiger partial charge is 0.495 e. The van der Waals surface area contributed by atoms with Gasteiger partial charge in [0.1, 0.15) is 5.75 Å². The van der Waals surface area contributed by atoms with Crippen LogP contribution in [-0.2, 0) is 15.0 Å². The van der Waals surface area contributed by atoms with E-state index in [1.165, 1.54) is 0 Å². The van der Waals surface area contributed by atoms with Gasteiger partial charge in [-0.05, 0) is 55.2 Å². The minimum Gasteiger partial charge on any atom is -0.495 e. The molecule has 0 unspecified atom stereocenters. The molecule has 2 N–H and O–H groups in total. The molecule has 0 aliphatic heterocycles. The van der Waals surface area contributed by atoms with Crippen LogP contribution < -0.4 is 15.4 Å². The van der Waals surface area contributed by atoms with Crippen LogP contribution in [0, 0.1) is 6.92 Å². The molecule has 1 aliphatic rings. The first-order chi connectivity index (χ1) is 13.4. The molecule has 0 heterocycles. The van der Waals surface area contributed by atoms with Gasteiger partial charge in [-0.25, -0.2) is 0 Å². The molecule has 1 saturated carbocycles. The first-order valence-corrected chi connectivity index (χ1v) is 10.2. The number of carbonyl (C=O) groups excluding carboxylic acids is 2. The number of hydrogen-bond acceptors (Lipinski definition) is 3. The van der Waals surface area contributed by atoms with Crippen LogP contribution in [0.5, 0.6) is 5.75 Å². The quantitative estimate of drug-likeness (QED) is 0.696. The lowest BCUT2D eigenvalue weighted by molar-refractivity contribution is -0.128. The van der Waals surface area contributed by atoms with Gasteiger partial charge in [0.25, 0.3) is 0 Å². The van der Waals surface area contributed by atoms with Gasteiger partial charge in [0, 0.05) is 4.47 Å². The van der Waals surface area contributed by atoms with Crippen molar-refractivity contribution in [3.63, 3.8) is 0 Å². The number of benzene rings is 2. The number of rotatable bonds is 6. The van der Waals surface area contributed by atoms with Gasteiger partial charge in [-0.1, -0.05) is 47.0 Å². The van der Waals surface area contributed by atoms with E-state index in [2.05, 4.69) is 26.6 Å². The second-order valence-corrected chi connectivity index (χ2v) is 8.15. The summed E-state index contributed by atoms with van der Waals surface area (Å²) in [7, 11) is 1.56. The molecule has 28 heavy (non-hydrogen) atoms. The third kappa shape index (κ3) is 4.38. The summed E-state index contributed by atoms with van der Waals surface area (Å²) in [6, 6.07) is 13.5. The molecule has 0 atom stereocenters. The van der Waals surface area contributed by atoms with Gasteiger partial charge >= 0.3 is 0 Å². The zero-order chi connectivity index (χ0) is 20.1. The molecule has 0 spiro atoms. The number of nitrogens with one attached hydrogen (secondary N) is 2. The summed E-state index contributed by atoms with van der Waals surface area (Å²) in [5.74, 6) is 0.229. The highest BCUT2D eigenvalue weighted by molar-refractivity contribution is 9.10. The highest BCUT2D eigenvalue weighted by atomic mass is 79.9. The Kier molecular flexibility index (Phi) is 6.39. The van der Waals surface area contributed by atoms with E-state index in [0.717, 1.165) is 41.3 Å². The molecule has 1 aliphatic carbocycles. The van der Waals surface area contributed by atoms with Crippen molar-refractivity contribution in [2.45, 2.75) is 38.0 Å². The molecule has 2 aromatic carbocycles. The number of amides is 2. The molecule has 5 nitrogen and oxygen atoms in total. The molecule has 0 saturated heterocycles. The second-order valence-electron chi connectivity index (χ2n) is 7.23. The Balaban J connectivity index is 1.67. The van der Waals surface area contributed by atoms with Crippen LogP contribution in [0.3, 0.4) is 0 Å². The fraction of sp³-hybridized carbons (Fsp3) is 0.364. The van der Waals surface area contributed by atoms with Crippen LogP contribution in [0.15, 0.2) is 46.9 Å². The topological polar surface area (TPSA) is 67.4 Å². The summed E-state index contributed by atoms with van der Waals surface area (Å²) in [4.78, 5) is 25.5. The van der Waals surface area contributed by atoms with Gasteiger partial charge in [-0.3, -0.25) is 9.59 Å². The fourth-order valence-corrected chi connectivity index (χ4v) is 4.10. The summed E-state index contributed by atoms with van der Waals surface area (Å²) in [5, 5.41) is 5.67. The SMILES string of the molecule is COc1ccc(C)cc1NC(=O)CNC(=O)C1(c2ccc(Br)cc2)CCCC1. The Bertz CT molecular complexity index is 859. The monoisotopic (exact) mass is 444 g/mol. The molecule has 3 rings (SSSR count). The predicted molar refractivity (Wildman–Crippen MR) is 114 cm³/mol. The van der Waals surface area contributed by atoms with Crippen LogP contribution in [0.2, 0.25) is 0 Å². The third-order valence-corrected chi connectivity index (χ3v) is 5.86. The van der Waals surface area contributed by atoms with Gasteiger partial charge in [-0.15, -0.1) is 0 Å². The smallest absolute Gasteiger partial charge is 0.243 e. The lowest BCUT2D eigenvalue weighted by Gasteiger charge is -2.28. The van der Waals surface area contributed by atoms with Gasteiger partial charge in [-0.2, -0.15) is 0 Å². The molecule has 148 valence electrons. The summed E-state index contributed by atoms with van der Waals surface area (Å²) in [5.41, 5.74) is 2.07. The lowest BCUT2D eigenvalue weighted by Crippen LogP contribution is -2.45. The average molecular weight is 445 g/mol. The summed E-state index contributed by atoms with van der Waals surface area (Å²) < 4.78 is 6.27. The molecule has 0 radical (unpaired) electrons. The number of carbonyl (C=O) groups is 2. The van der Waals surface area contributed by atoms with Crippen molar-refractivity contribution in [1.29, 1.82) is 0 Å². The minimum atomic E-state index is -0.554. The molecule has 2 aromatic rings. The van der Waals surface area contributed by atoms with Crippen molar-refractivity contribution in [2.24, 2.45) is 0 Å². The molecule has 2 amide bonds. The van der Waals surface area contributed by atoms with E-state index in [1.54, 1.807) is 7.11 Å². The molecular weight excluding hydrogens is 420 g/mol. The van der Waals surface area contributed by atoms with Crippen molar-refractivity contribution < 1.29 is 14.3 Å². The van der Waals surface area contributed by atoms with Gasteiger partial charge in [0.2, 0.25) is 11.8 Å². The van der Waals surface area contributed by atoms with Crippen molar-refractivity contribution in [1.82, 2.24) is 5.32 Å². The summed E-state index contributed by atoms with van der Waals surface area (Å²) in [6.45, 7) is 1.87. The highest BCUT2D eigenvalue weighted by Gasteiger charge is 2.42. The van der Waals surface area contributed by atoms with E-state index in [4.69, 9.17) is 4.74 Å². The number of hydrogen-bond donors (Lipinski definition) is 2. The van der Waals surface area contributed by atoms with Gasteiger partial charge < -0.3 is 15.4 Å². The van der Waals surface area contributed by atoms with E-state index in [-0.39, 0.29) is 18.4 Å². The number of halogens is 1. The van der Waals surface area contributed by atoms with Crippen LogP contribution in [-0.4, -0.2) is 25.5 Å². The van der Waals surface area contributed by atoms with Crippen molar-refractivity contribution in [2.75, 3.05) is 19.0 Å². The van der Waals surface area contributed by atoms with Gasteiger partial charge in [0.05, 0.1) is 24.8 Å². The van der Waals surface area contributed by atoms with Crippen LogP contribution in [0.25, 0.3) is 0 Å². The third-order valence-electron chi connectivity index (χ3n) is 5.33. The van der Waals surface area contributed by atoms with Crippen molar-refractivity contribution >= 4 is 33.4 Å². The molecule has 1 fully saturated rings. The maximum absolute atomic E-state index is 13.1. The Hall–Kier alpha value is -2.34. The van der Waals surface area contributed by atoms with Crippen molar-refractivity contribution in [3.8, 4) is 5.75 Å². The van der Waals surface area contributed by atoms with Crippen LogP contribution in [0.1, 0.15) is 36.8 Å². The van der Waals surface area contributed by atoms with E-state index < -0.39 is 5.41 Å². The molecule has 0 aromatic heterocycles. The lowest BCUT2D eigenvalue weighted by atomic mass is 9.78. The van der Waals surface area contributed by atoms with Crippen molar-refractivity contribution in [3.05, 3.63) is 58.1 Å². The number of methoxy groups -OCH3 is 1. The van der Waals surface area contributed by atoms with Gasteiger partial charge in [0.15, 0.2) is 0 Å². The maximum Gasteiger partial charge on any atom is 0.243 e. The standard InChI is InChI=1S/C22H25BrN2O3/c1-15-5-10-19(28-2)18(13-15)25-20(26)14-24-21(27)22(11-3-4-12-22)16-6-8-17(23)9-7-16/h5-10,13H,3-4,11-12,14H2,1-2H3,(H,24,27)(H,25,26). The number of aryl methyl sites for hydroxylation is 1. The first kappa shape index (κ1) is 20.4. The van der Waals surface area contributed by atoms with E-state index in [0.29, 0.717) is 11.4 Å². The maximum atomic E-state index is 13.1. The van der Waals surface area contributed by atoms with E-state index in [1.807, 2.05) is 49.4 Å². The predicted octanol–water partition coefficient (Wildman–Crippen LogP) is 4.33. The van der Waals surface area contributed by atoms with Crippen LogP contribution >= 0.6 is 15.9 Å². The first-order valence-electron chi connectivity index (χ1n) is 9.43. The Morgan fingerprint density at radius 2 is 1.79 bits per heavy atom.